The van der Waals surface area contributed by atoms with Crippen LogP contribution in [0.25, 0.3) is 0 Å². The lowest BCUT2D eigenvalue weighted by atomic mass is 9.93. The first-order chi connectivity index (χ1) is 3.97. The highest BCUT2D eigenvalue weighted by molar-refractivity contribution is 4.78. The zero-order valence-corrected chi connectivity index (χ0v) is 4.85. The summed E-state index contributed by atoms with van der Waals surface area (Å²) in [6.45, 7) is 1.03. The molecule has 0 aromatic heterocycles. The quantitative estimate of drug-likeness (QED) is 0.494. The molecule has 46 valence electrons. The summed E-state index contributed by atoms with van der Waals surface area (Å²) in [5.74, 6) is 0. The van der Waals surface area contributed by atoms with Crippen LogP contribution in [0.5, 0.6) is 0 Å². The maximum atomic E-state index is 3.03. The largest absolute Gasteiger partial charge is 0.228 e. The smallest absolute Gasteiger partial charge is 0.0781 e. The third kappa shape index (κ3) is 0.555. The number of nitrogens with zero attached hydrogens (tertiary/aromatic N) is 1. The van der Waals surface area contributed by atoms with Gasteiger partial charge in [0.2, 0.25) is 0 Å². The van der Waals surface area contributed by atoms with E-state index in [1.54, 1.807) is 0 Å². The predicted octanol–water partition coefficient (Wildman–Crippen LogP) is -0.179. The van der Waals surface area contributed by atoms with Gasteiger partial charge in [0, 0.05) is 6.04 Å². The van der Waals surface area contributed by atoms with Crippen molar-refractivity contribution >= 4 is 0 Å². The number of nitrogens with one attached hydrogen (secondary N) is 2. The van der Waals surface area contributed by atoms with Crippen molar-refractivity contribution in [1.29, 1.82) is 0 Å². The highest BCUT2D eigenvalue weighted by atomic mass is 15.8. The minimum atomic E-state index is 0.844. The van der Waals surface area contributed by atoms with Crippen LogP contribution >= 0.6 is 0 Å². The minimum absolute atomic E-state index is 0.844. The van der Waals surface area contributed by atoms with Crippen LogP contribution in [0.15, 0.2) is 0 Å². The molecule has 0 spiro atoms. The average molecular weight is 113 g/mol. The Labute approximate surface area is 49.0 Å². The topological polar surface area (TPSA) is 27.3 Å². The molecule has 8 heavy (non-hydrogen) atoms. The summed E-state index contributed by atoms with van der Waals surface area (Å²) in [6.07, 6.45) is 4.19. The SMILES string of the molecule is C1CC(N2CNN2)C1. The second-order valence-electron chi connectivity index (χ2n) is 2.50. The molecule has 3 nitrogen and oxygen atoms in total. The molecule has 0 amide bonds. The third-order valence-corrected chi connectivity index (χ3v) is 1.99. The van der Waals surface area contributed by atoms with Crippen molar-refractivity contribution in [2.24, 2.45) is 0 Å². The van der Waals surface area contributed by atoms with Crippen molar-refractivity contribution in [3.63, 3.8) is 0 Å². The van der Waals surface area contributed by atoms with E-state index in [0.717, 1.165) is 12.7 Å². The van der Waals surface area contributed by atoms with Crippen LogP contribution in [0.4, 0.5) is 0 Å². The number of hydrogen-bond donors (Lipinski definition) is 2. The summed E-state index contributed by atoms with van der Waals surface area (Å²) in [6, 6.07) is 0.844. The Bertz CT molecular complexity index is 73.7. The van der Waals surface area contributed by atoms with Gasteiger partial charge in [0.25, 0.3) is 0 Å². The van der Waals surface area contributed by atoms with E-state index in [-0.39, 0.29) is 0 Å². The van der Waals surface area contributed by atoms with Gasteiger partial charge in [-0.25, -0.2) is 10.4 Å². The van der Waals surface area contributed by atoms with E-state index >= 15 is 0 Å². The lowest BCUT2D eigenvalue weighted by Crippen LogP contribution is -2.68. The normalized spacial score (nSPS) is 31.5. The van der Waals surface area contributed by atoms with Gasteiger partial charge in [-0.15, -0.1) is 0 Å². The molecule has 1 heterocycles. The Balaban J connectivity index is 1.79. The van der Waals surface area contributed by atoms with Crippen molar-refractivity contribution in [1.82, 2.24) is 16.0 Å². The van der Waals surface area contributed by atoms with Crippen LogP contribution in [0.3, 0.4) is 0 Å². The predicted molar refractivity (Wildman–Crippen MR) is 30.6 cm³/mol. The molecule has 0 aromatic rings. The second kappa shape index (κ2) is 1.69. The summed E-state index contributed by atoms with van der Waals surface area (Å²) in [4.78, 5) is 0. The zero-order valence-electron chi connectivity index (χ0n) is 4.85. The van der Waals surface area contributed by atoms with Crippen LogP contribution in [-0.4, -0.2) is 17.7 Å². The van der Waals surface area contributed by atoms with E-state index in [1.807, 2.05) is 0 Å². The summed E-state index contributed by atoms with van der Waals surface area (Å²) in [5, 5.41) is 2.25. The molecule has 0 aromatic carbocycles. The Morgan fingerprint density at radius 3 is 2.25 bits per heavy atom. The van der Waals surface area contributed by atoms with Gasteiger partial charge >= 0.3 is 0 Å². The molecule has 0 bridgehead atoms. The van der Waals surface area contributed by atoms with Gasteiger partial charge in [0.05, 0.1) is 6.67 Å². The molecular weight excluding hydrogens is 102 g/mol. The molecule has 1 aliphatic heterocycles. The molecule has 0 radical (unpaired) electrons. The van der Waals surface area contributed by atoms with Gasteiger partial charge in [-0.05, 0) is 12.8 Å². The molecule has 0 unspecified atom stereocenters. The van der Waals surface area contributed by atoms with E-state index in [9.17, 15) is 0 Å². The molecule has 2 fully saturated rings. The van der Waals surface area contributed by atoms with E-state index < -0.39 is 0 Å². The van der Waals surface area contributed by atoms with E-state index in [1.165, 1.54) is 19.3 Å². The first-order valence-corrected chi connectivity index (χ1v) is 3.22. The second-order valence-corrected chi connectivity index (χ2v) is 2.50. The Morgan fingerprint density at radius 1 is 1.38 bits per heavy atom. The monoisotopic (exact) mass is 113 g/mol. The van der Waals surface area contributed by atoms with E-state index in [4.69, 9.17) is 0 Å². The van der Waals surface area contributed by atoms with Gasteiger partial charge < -0.3 is 0 Å². The maximum absolute atomic E-state index is 3.03. The maximum Gasteiger partial charge on any atom is 0.0781 e. The van der Waals surface area contributed by atoms with Gasteiger partial charge in [0.1, 0.15) is 0 Å². The highest BCUT2D eigenvalue weighted by Gasteiger charge is 2.27. The fourth-order valence-corrected chi connectivity index (χ4v) is 1.09. The molecule has 2 aliphatic rings. The molecule has 1 aliphatic carbocycles. The molecule has 3 heteroatoms. The van der Waals surface area contributed by atoms with Gasteiger partial charge in [-0.1, -0.05) is 6.42 Å². The van der Waals surface area contributed by atoms with Crippen molar-refractivity contribution in [3.8, 4) is 0 Å². The highest BCUT2D eigenvalue weighted by Crippen LogP contribution is 2.23. The molecule has 0 atom stereocenters. The lowest BCUT2D eigenvalue weighted by Gasteiger charge is -2.43. The van der Waals surface area contributed by atoms with Crippen LogP contribution in [0.1, 0.15) is 19.3 Å². The molecule has 1 saturated heterocycles. The van der Waals surface area contributed by atoms with Crippen molar-refractivity contribution in [2.75, 3.05) is 6.67 Å². The van der Waals surface area contributed by atoms with E-state index in [0.29, 0.717) is 0 Å². The Hall–Kier alpha value is -0.120. The molecule has 1 saturated carbocycles. The Morgan fingerprint density at radius 2 is 2.12 bits per heavy atom. The fraction of sp³-hybridized carbons (Fsp3) is 1.00. The van der Waals surface area contributed by atoms with Gasteiger partial charge in [-0.2, -0.15) is 5.53 Å². The summed E-state index contributed by atoms with van der Waals surface area (Å²) < 4.78 is 0. The van der Waals surface area contributed by atoms with Crippen LogP contribution < -0.4 is 11.0 Å². The van der Waals surface area contributed by atoms with Crippen LogP contribution in [0, 0.1) is 0 Å². The van der Waals surface area contributed by atoms with Crippen molar-refractivity contribution < 1.29 is 0 Å². The summed E-state index contributed by atoms with van der Waals surface area (Å²) in [5.41, 5.74) is 6.02. The van der Waals surface area contributed by atoms with Gasteiger partial charge in [0.15, 0.2) is 0 Å². The number of rotatable bonds is 1. The molecule has 2 N–H and O–H groups in total. The molecular formula is C5H11N3. The number of hydrazine groups is 2. The number of hydrogen-bond acceptors (Lipinski definition) is 3. The lowest BCUT2D eigenvalue weighted by molar-refractivity contribution is -0.0426. The van der Waals surface area contributed by atoms with Crippen LogP contribution in [0.2, 0.25) is 0 Å². The van der Waals surface area contributed by atoms with Crippen molar-refractivity contribution in [2.45, 2.75) is 25.3 Å². The first-order valence-electron chi connectivity index (χ1n) is 3.22. The minimum Gasteiger partial charge on any atom is -0.228 e. The standard InChI is InChI=1S/C5H11N3/c1-2-5(3-1)8-4-6-7-8/h5-7H,1-4H2. The van der Waals surface area contributed by atoms with Crippen LogP contribution in [-0.2, 0) is 0 Å². The average Bonchev–Trinajstić information content (AvgIpc) is 1.47. The summed E-state index contributed by atoms with van der Waals surface area (Å²) >= 11 is 0. The zero-order chi connectivity index (χ0) is 5.40. The molecule has 2 rings (SSSR count). The van der Waals surface area contributed by atoms with E-state index in [2.05, 4.69) is 16.0 Å². The van der Waals surface area contributed by atoms with Crippen molar-refractivity contribution in [3.05, 3.63) is 0 Å². The fourth-order valence-electron chi connectivity index (χ4n) is 1.09. The summed E-state index contributed by atoms with van der Waals surface area (Å²) in [7, 11) is 0. The van der Waals surface area contributed by atoms with Gasteiger partial charge in [-0.3, -0.25) is 0 Å². The third-order valence-electron chi connectivity index (χ3n) is 1.99. The Kier molecular flexibility index (Phi) is 0.997. The first kappa shape index (κ1) is 4.73.